The highest BCUT2D eigenvalue weighted by Gasteiger charge is 2.16. The van der Waals surface area contributed by atoms with Crippen molar-refractivity contribution in [1.82, 2.24) is 0 Å². The van der Waals surface area contributed by atoms with Gasteiger partial charge in [-0.15, -0.1) is 0 Å². The highest BCUT2D eigenvalue weighted by molar-refractivity contribution is 7.90. The van der Waals surface area contributed by atoms with E-state index in [2.05, 4.69) is 0 Å². The number of likely N-dealkylation sites (N-methyl/N-ethyl adjacent to an activating group) is 1. The van der Waals surface area contributed by atoms with Crippen LogP contribution in [0.5, 0.6) is 0 Å². The molecule has 1 amide bonds. The fourth-order valence-corrected chi connectivity index (χ4v) is 2.33. The predicted molar refractivity (Wildman–Crippen MR) is 62.0 cm³/mol. The summed E-state index contributed by atoms with van der Waals surface area (Å²) in [5.41, 5.74) is 5.54. The second kappa shape index (κ2) is 4.52. The number of carbonyl (C=O) groups is 1. The minimum absolute atomic E-state index is 0.0213. The Balaban J connectivity index is 3.19. The lowest BCUT2D eigenvalue weighted by Gasteiger charge is -2.19. The number of amides is 1. The summed E-state index contributed by atoms with van der Waals surface area (Å²) in [4.78, 5) is 12.5. The van der Waals surface area contributed by atoms with Crippen LogP contribution >= 0.6 is 0 Å². The van der Waals surface area contributed by atoms with Crippen molar-refractivity contribution < 1.29 is 13.2 Å². The summed E-state index contributed by atoms with van der Waals surface area (Å²) in [7, 11) is -1.69. The lowest BCUT2D eigenvalue weighted by Crippen LogP contribution is -2.31. The van der Waals surface area contributed by atoms with E-state index in [0.717, 1.165) is 6.26 Å². The minimum atomic E-state index is -3.31. The van der Waals surface area contributed by atoms with Crippen molar-refractivity contribution in [1.29, 1.82) is 0 Å². The van der Waals surface area contributed by atoms with Crippen molar-refractivity contribution in [3.63, 3.8) is 0 Å². The molecule has 5 nitrogen and oxygen atoms in total. The first kappa shape index (κ1) is 12.5. The minimum Gasteiger partial charge on any atom is -0.368 e. The highest BCUT2D eigenvalue weighted by atomic mass is 32.2. The molecule has 16 heavy (non-hydrogen) atoms. The normalized spacial score (nSPS) is 11.1. The van der Waals surface area contributed by atoms with Crippen molar-refractivity contribution in [2.45, 2.75) is 4.90 Å². The molecule has 0 bridgehead atoms. The van der Waals surface area contributed by atoms with Gasteiger partial charge in [-0.2, -0.15) is 0 Å². The third-order valence-corrected chi connectivity index (χ3v) is 3.21. The molecular weight excluding hydrogens is 228 g/mol. The van der Waals surface area contributed by atoms with Crippen molar-refractivity contribution >= 4 is 21.4 Å². The molecular formula is C10H14N2O3S. The molecule has 1 rings (SSSR count). The van der Waals surface area contributed by atoms with Crippen molar-refractivity contribution in [2.75, 3.05) is 24.7 Å². The van der Waals surface area contributed by atoms with Crippen LogP contribution in [0, 0.1) is 0 Å². The summed E-state index contributed by atoms with van der Waals surface area (Å²) in [6, 6.07) is 6.49. The Morgan fingerprint density at radius 3 is 2.44 bits per heavy atom. The van der Waals surface area contributed by atoms with Crippen LogP contribution in [0.4, 0.5) is 5.69 Å². The lowest BCUT2D eigenvalue weighted by atomic mass is 10.3. The Labute approximate surface area is 94.8 Å². The van der Waals surface area contributed by atoms with E-state index in [0.29, 0.717) is 5.69 Å². The number of hydrogen-bond acceptors (Lipinski definition) is 4. The van der Waals surface area contributed by atoms with E-state index in [1.54, 1.807) is 25.2 Å². The molecule has 2 N–H and O–H groups in total. The average molecular weight is 242 g/mol. The molecule has 1 aromatic carbocycles. The molecule has 0 heterocycles. The van der Waals surface area contributed by atoms with Gasteiger partial charge in [0.1, 0.15) is 0 Å². The molecule has 88 valence electrons. The van der Waals surface area contributed by atoms with Gasteiger partial charge in [-0.05, 0) is 12.1 Å². The fourth-order valence-electron chi connectivity index (χ4n) is 1.40. The number of primary amides is 1. The number of benzene rings is 1. The van der Waals surface area contributed by atoms with Crippen LogP contribution in [0.2, 0.25) is 0 Å². The summed E-state index contributed by atoms with van der Waals surface area (Å²) in [5, 5.41) is 0. The van der Waals surface area contributed by atoms with Crippen LogP contribution < -0.4 is 10.6 Å². The highest BCUT2D eigenvalue weighted by Crippen LogP contribution is 2.23. The molecule has 0 saturated heterocycles. The third-order valence-electron chi connectivity index (χ3n) is 2.07. The topological polar surface area (TPSA) is 80.5 Å². The Kier molecular flexibility index (Phi) is 3.54. The lowest BCUT2D eigenvalue weighted by molar-refractivity contribution is -0.116. The van der Waals surface area contributed by atoms with Crippen LogP contribution in [0.1, 0.15) is 0 Å². The SMILES string of the molecule is CN(CC(N)=O)c1ccccc1S(C)(=O)=O. The van der Waals surface area contributed by atoms with Gasteiger partial charge in [-0.25, -0.2) is 8.42 Å². The maximum Gasteiger partial charge on any atom is 0.236 e. The number of sulfone groups is 1. The van der Waals surface area contributed by atoms with Gasteiger partial charge in [0.15, 0.2) is 9.84 Å². The van der Waals surface area contributed by atoms with Gasteiger partial charge in [-0.1, -0.05) is 12.1 Å². The number of carbonyl (C=O) groups excluding carboxylic acids is 1. The first-order valence-electron chi connectivity index (χ1n) is 4.61. The van der Waals surface area contributed by atoms with Crippen molar-refractivity contribution in [2.24, 2.45) is 5.73 Å². The zero-order valence-electron chi connectivity index (χ0n) is 9.17. The molecule has 0 spiro atoms. The largest absolute Gasteiger partial charge is 0.368 e. The van der Waals surface area contributed by atoms with Crippen LogP contribution in [0.3, 0.4) is 0 Å². The number of anilines is 1. The van der Waals surface area contributed by atoms with Gasteiger partial charge >= 0.3 is 0 Å². The molecule has 0 radical (unpaired) electrons. The second-order valence-electron chi connectivity index (χ2n) is 3.56. The van der Waals surface area contributed by atoms with Crippen LogP contribution in [0.15, 0.2) is 29.2 Å². The van der Waals surface area contributed by atoms with Gasteiger partial charge in [-0.3, -0.25) is 4.79 Å². The number of hydrogen-bond donors (Lipinski definition) is 1. The van der Waals surface area contributed by atoms with Crippen molar-refractivity contribution in [3.05, 3.63) is 24.3 Å². The second-order valence-corrected chi connectivity index (χ2v) is 5.55. The Morgan fingerprint density at radius 2 is 1.94 bits per heavy atom. The van der Waals surface area contributed by atoms with Gasteiger partial charge in [0.2, 0.25) is 5.91 Å². The van der Waals surface area contributed by atoms with Gasteiger partial charge in [0, 0.05) is 13.3 Å². The first-order chi connectivity index (χ1) is 7.32. The number of rotatable bonds is 4. The van der Waals surface area contributed by atoms with E-state index < -0.39 is 15.7 Å². The monoisotopic (exact) mass is 242 g/mol. The fraction of sp³-hybridized carbons (Fsp3) is 0.300. The quantitative estimate of drug-likeness (QED) is 0.806. The third kappa shape index (κ3) is 2.96. The zero-order valence-corrected chi connectivity index (χ0v) is 9.99. The average Bonchev–Trinajstić information content (AvgIpc) is 2.15. The smallest absolute Gasteiger partial charge is 0.236 e. The van der Waals surface area contributed by atoms with E-state index in [9.17, 15) is 13.2 Å². The molecule has 0 aliphatic carbocycles. The molecule has 0 fully saturated rings. The van der Waals surface area contributed by atoms with Gasteiger partial charge in [0.05, 0.1) is 17.1 Å². The number of para-hydroxylation sites is 1. The van der Waals surface area contributed by atoms with Gasteiger partial charge < -0.3 is 10.6 Å². The summed E-state index contributed by atoms with van der Waals surface area (Å²) in [6.45, 7) is -0.0213. The molecule has 0 aromatic heterocycles. The zero-order chi connectivity index (χ0) is 12.3. The molecule has 1 aromatic rings. The Bertz CT molecular complexity index is 497. The predicted octanol–water partition coefficient (Wildman–Crippen LogP) is 0.0116. The van der Waals surface area contributed by atoms with E-state index in [1.807, 2.05) is 0 Å². The van der Waals surface area contributed by atoms with Gasteiger partial charge in [0.25, 0.3) is 0 Å². The standard InChI is InChI=1S/C10H14N2O3S/c1-12(7-10(11)13)8-5-3-4-6-9(8)16(2,14)15/h3-6H,7H2,1-2H3,(H2,11,13). The Morgan fingerprint density at radius 1 is 1.38 bits per heavy atom. The maximum atomic E-state index is 11.5. The molecule has 6 heteroatoms. The molecule has 0 atom stereocenters. The van der Waals surface area contributed by atoms with Crippen LogP contribution in [0.25, 0.3) is 0 Å². The van der Waals surface area contributed by atoms with Crippen LogP contribution in [-0.2, 0) is 14.6 Å². The van der Waals surface area contributed by atoms with E-state index in [4.69, 9.17) is 5.73 Å². The molecule has 0 aliphatic heterocycles. The van der Waals surface area contributed by atoms with E-state index in [1.165, 1.54) is 11.0 Å². The summed E-state index contributed by atoms with van der Waals surface area (Å²) < 4.78 is 23.0. The van der Waals surface area contributed by atoms with E-state index >= 15 is 0 Å². The molecule has 0 saturated carbocycles. The van der Waals surface area contributed by atoms with Crippen LogP contribution in [-0.4, -0.2) is 34.2 Å². The van der Waals surface area contributed by atoms with Crippen molar-refractivity contribution in [3.8, 4) is 0 Å². The number of nitrogens with zero attached hydrogens (tertiary/aromatic N) is 1. The summed E-state index contributed by atoms with van der Waals surface area (Å²) in [5.74, 6) is -0.509. The Hall–Kier alpha value is -1.56. The summed E-state index contributed by atoms with van der Waals surface area (Å²) in [6.07, 6.45) is 1.13. The number of nitrogens with two attached hydrogens (primary N) is 1. The maximum absolute atomic E-state index is 11.5. The van der Waals surface area contributed by atoms with E-state index in [-0.39, 0.29) is 11.4 Å². The molecule has 0 aliphatic rings. The molecule has 0 unspecified atom stereocenters. The summed E-state index contributed by atoms with van der Waals surface area (Å²) >= 11 is 0. The first-order valence-corrected chi connectivity index (χ1v) is 6.50.